The molecule has 6 heteroatoms. The van der Waals surface area contributed by atoms with Crippen molar-refractivity contribution in [1.29, 1.82) is 0 Å². The summed E-state index contributed by atoms with van der Waals surface area (Å²) in [6.07, 6.45) is 1.99. The van der Waals surface area contributed by atoms with E-state index in [1.54, 1.807) is 0 Å². The highest BCUT2D eigenvalue weighted by Gasteiger charge is 2.29. The zero-order valence-corrected chi connectivity index (χ0v) is 9.09. The standard InChI is InChI=1S/C8H17NO4S/c1-13-5-8(4-10)9-14(11,12)6-7-2-3-7/h7-10H,2-6H2,1H3. The van der Waals surface area contributed by atoms with Gasteiger partial charge in [-0.3, -0.25) is 0 Å². The van der Waals surface area contributed by atoms with Crippen LogP contribution in [0.25, 0.3) is 0 Å². The summed E-state index contributed by atoms with van der Waals surface area (Å²) >= 11 is 0. The van der Waals surface area contributed by atoms with Crippen molar-refractivity contribution in [2.45, 2.75) is 18.9 Å². The molecule has 0 saturated heterocycles. The molecule has 1 unspecified atom stereocenters. The smallest absolute Gasteiger partial charge is 0.212 e. The molecule has 0 aromatic carbocycles. The SMILES string of the molecule is COCC(CO)NS(=O)(=O)CC1CC1. The molecular formula is C8H17NO4S. The Morgan fingerprint density at radius 3 is 2.64 bits per heavy atom. The van der Waals surface area contributed by atoms with Crippen LogP contribution in [0.5, 0.6) is 0 Å². The summed E-state index contributed by atoms with van der Waals surface area (Å²) in [6.45, 7) is -0.0435. The lowest BCUT2D eigenvalue weighted by Gasteiger charge is -2.14. The van der Waals surface area contributed by atoms with E-state index in [2.05, 4.69) is 4.72 Å². The molecule has 1 rings (SSSR count). The summed E-state index contributed by atoms with van der Waals surface area (Å²) in [7, 11) is -1.77. The Kier molecular flexibility index (Phi) is 4.31. The van der Waals surface area contributed by atoms with Crippen molar-refractivity contribution in [3.05, 3.63) is 0 Å². The number of aliphatic hydroxyl groups excluding tert-OH is 1. The van der Waals surface area contributed by atoms with Crippen molar-refractivity contribution in [1.82, 2.24) is 4.72 Å². The first-order valence-corrected chi connectivity index (χ1v) is 6.32. The van der Waals surface area contributed by atoms with E-state index in [1.807, 2.05) is 0 Å². The van der Waals surface area contributed by atoms with Crippen LogP contribution in [-0.4, -0.2) is 45.6 Å². The summed E-state index contributed by atoms with van der Waals surface area (Å²) in [5.41, 5.74) is 0. The summed E-state index contributed by atoms with van der Waals surface area (Å²) in [4.78, 5) is 0. The maximum absolute atomic E-state index is 11.4. The molecule has 1 aliphatic carbocycles. The lowest BCUT2D eigenvalue weighted by Crippen LogP contribution is -2.41. The van der Waals surface area contributed by atoms with Crippen molar-refractivity contribution in [3.63, 3.8) is 0 Å². The molecule has 0 spiro atoms. The fourth-order valence-corrected chi connectivity index (χ4v) is 2.92. The van der Waals surface area contributed by atoms with Gasteiger partial charge >= 0.3 is 0 Å². The number of rotatable bonds is 7. The Bertz CT molecular complexity index is 261. The number of aliphatic hydroxyl groups is 1. The molecule has 0 aromatic heterocycles. The van der Waals surface area contributed by atoms with Crippen LogP contribution in [0.3, 0.4) is 0 Å². The third-order valence-corrected chi connectivity index (χ3v) is 3.69. The summed E-state index contributed by atoms with van der Waals surface area (Å²) < 4.78 is 30.1. The van der Waals surface area contributed by atoms with E-state index >= 15 is 0 Å². The fraction of sp³-hybridized carbons (Fsp3) is 1.00. The second-order valence-electron chi connectivity index (χ2n) is 3.68. The van der Waals surface area contributed by atoms with Crippen LogP contribution in [0, 0.1) is 5.92 Å². The minimum atomic E-state index is -3.24. The molecule has 5 nitrogen and oxygen atoms in total. The van der Waals surface area contributed by atoms with Crippen LogP contribution in [0.4, 0.5) is 0 Å². The average Bonchev–Trinajstić information content (AvgIpc) is 2.86. The van der Waals surface area contributed by atoms with E-state index in [9.17, 15) is 8.42 Å². The minimum Gasteiger partial charge on any atom is -0.395 e. The molecule has 1 saturated carbocycles. The number of nitrogens with one attached hydrogen (secondary N) is 1. The minimum absolute atomic E-state index is 0.174. The van der Waals surface area contributed by atoms with E-state index in [-0.39, 0.29) is 19.0 Å². The van der Waals surface area contributed by atoms with Gasteiger partial charge in [0, 0.05) is 7.11 Å². The first-order valence-electron chi connectivity index (χ1n) is 4.67. The highest BCUT2D eigenvalue weighted by molar-refractivity contribution is 7.89. The fourth-order valence-electron chi connectivity index (χ4n) is 1.22. The lowest BCUT2D eigenvalue weighted by atomic mass is 10.4. The van der Waals surface area contributed by atoms with Gasteiger partial charge in [-0.05, 0) is 18.8 Å². The average molecular weight is 223 g/mol. The first kappa shape index (κ1) is 11.9. The molecule has 1 fully saturated rings. The van der Waals surface area contributed by atoms with Gasteiger partial charge in [0.2, 0.25) is 10.0 Å². The van der Waals surface area contributed by atoms with Crippen LogP contribution in [0.15, 0.2) is 0 Å². The number of ether oxygens (including phenoxy) is 1. The Balaban J connectivity index is 2.38. The van der Waals surface area contributed by atoms with Crippen LogP contribution in [0.1, 0.15) is 12.8 Å². The van der Waals surface area contributed by atoms with Gasteiger partial charge in [0.05, 0.1) is 25.0 Å². The van der Waals surface area contributed by atoms with Gasteiger partial charge in [-0.2, -0.15) is 0 Å². The molecule has 1 aliphatic rings. The van der Waals surface area contributed by atoms with Gasteiger partial charge in [0.1, 0.15) is 0 Å². The highest BCUT2D eigenvalue weighted by atomic mass is 32.2. The van der Waals surface area contributed by atoms with E-state index in [1.165, 1.54) is 7.11 Å². The van der Waals surface area contributed by atoms with E-state index < -0.39 is 16.1 Å². The molecular weight excluding hydrogens is 206 g/mol. The van der Waals surface area contributed by atoms with E-state index in [0.717, 1.165) is 12.8 Å². The Morgan fingerprint density at radius 1 is 1.57 bits per heavy atom. The second kappa shape index (κ2) is 5.06. The third kappa shape index (κ3) is 4.36. The molecule has 0 radical (unpaired) electrons. The largest absolute Gasteiger partial charge is 0.395 e. The van der Waals surface area contributed by atoms with Gasteiger partial charge in [0.15, 0.2) is 0 Å². The second-order valence-corrected chi connectivity index (χ2v) is 5.48. The van der Waals surface area contributed by atoms with Crippen molar-refractivity contribution in [3.8, 4) is 0 Å². The monoisotopic (exact) mass is 223 g/mol. The van der Waals surface area contributed by atoms with Gasteiger partial charge in [-0.1, -0.05) is 0 Å². The third-order valence-electron chi connectivity index (χ3n) is 2.09. The number of hydrogen-bond donors (Lipinski definition) is 2. The van der Waals surface area contributed by atoms with Crippen molar-refractivity contribution in [2.75, 3.05) is 26.1 Å². The van der Waals surface area contributed by atoms with Gasteiger partial charge in [-0.15, -0.1) is 0 Å². The summed E-state index contributed by atoms with van der Waals surface area (Å²) in [5.74, 6) is 0.488. The molecule has 0 bridgehead atoms. The molecule has 0 aromatic rings. The Labute approximate surface area is 84.5 Å². The lowest BCUT2D eigenvalue weighted by molar-refractivity contribution is 0.139. The Hall–Kier alpha value is -0.170. The molecule has 84 valence electrons. The molecule has 0 amide bonds. The molecule has 1 atom stereocenters. The summed E-state index contributed by atoms with van der Waals surface area (Å²) in [6, 6.07) is -0.524. The van der Waals surface area contributed by atoms with Crippen molar-refractivity contribution >= 4 is 10.0 Å². The zero-order chi connectivity index (χ0) is 10.6. The number of hydrogen-bond acceptors (Lipinski definition) is 4. The van der Waals surface area contributed by atoms with E-state index in [4.69, 9.17) is 9.84 Å². The van der Waals surface area contributed by atoms with Gasteiger partial charge < -0.3 is 9.84 Å². The van der Waals surface area contributed by atoms with Crippen LogP contribution in [-0.2, 0) is 14.8 Å². The van der Waals surface area contributed by atoms with E-state index in [0.29, 0.717) is 5.92 Å². The van der Waals surface area contributed by atoms with Crippen molar-refractivity contribution in [2.24, 2.45) is 5.92 Å². The van der Waals surface area contributed by atoms with Crippen LogP contribution >= 0.6 is 0 Å². The first-order chi connectivity index (χ1) is 6.57. The maximum atomic E-state index is 11.4. The number of sulfonamides is 1. The maximum Gasteiger partial charge on any atom is 0.212 e. The normalized spacial score (nSPS) is 19.6. The van der Waals surface area contributed by atoms with Crippen molar-refractivity contribution < 1.29 is 18.3 Å². The van der Waals surface area contributed by atoms with Gasteiger partial charge in [-0.25, -0.2) is 13.1 Å². The quantitative estimate of drug-likeness (QED) is 0.600. The number of methoxy groups -OCH3 is 1. The predicted octanol–water partition coefficient (Wildman–Crippen LogP) is -0.677. The highest BCUT2D eigenvalue weighted by Crippen LogP contribution is 2.29. The molecule has 2 N–H and O–H groups in total. The molecule has 0 heterocycles. The zero-order valence-electron chi connectivity index (χ0n) is 8.27. The topological polar surface area (TPSA) is 75.6 Å². The predicted molar refractivity (Wildman–Crippen MR) is 52.4 cm³/mol. The van der Waals surface area contributed by atoms with Crippen LogP contribution in [0.2, 0.25) is 0 Å². The molecule has 14 heavy (non-hydrogen) atoms. The van der Waals surface area contributed by atoms with Crippen LogP contribution < -0.4 is 4.72 Å². The summed E-state index contributed by atoms with van der Waals surface area (Å²) in [5, 5.41) is 8.86. The van der Waals surface area contributed by atoms with Gasteiger partial charge in [0.25, 0.3) is 0 Å². The molecule has 0 aliphatic heterocycles. The Morgan fingerprint density at radius 2 is 2.21 bits per heavy atom.